The Morgan fingerprint density at radius 3 is 2.02 bits per heavy atom. The molecule has 2 aromatic carbocycles. The Labute approximate surface area is 252 Å². The molecule has 232 valence electrons. The van der Waals surface area contributed by atoms with Gasteiger partial charge in [-0.3, -0.25) is 9.59 Å². The van der Waals surface area contributed by atoms with E-state index < -0.39 is 36.3 Å². The number of nitrogens with zero attached hydrogens (tertiary/aromatic N) is 1. The molecule has 0 aliphatic rings. The van der Waals surface area contributed by atoms with Crippen molar-refractivity contribution >= 4 is 23.6 Å². The highest BCUT2D eigenvalue weighted by molar-refractivity contribution is 6.00. The van der Waals surface area contributed by atoms with Crippen LogP contribution in [0.25, 0.3) is 0 Å². The SMILES string of the molecule is CCCCCCCCN(C(=O)C(CO)NC(=O)OC(C)(C)C)C(C(=O)Nc1c(C)cccc1C)c1cc(C)cc(C)c1. The molecule has 0 aliphatic carbocycles. The summed E-state index contributed by atoms with van der Waals surface area (Å²) in [5.41, 5.74) is 4.35. The van der Waals surface area contributed by atoms with Gasteiger partial charge in [-0.05, 0) is 71.6 Å². The topological polar surface area (TPSA) is 108 Å². The number of unbranched alkanes of at least 4 members (excludes halogenated alkanes) is 5. The van der Waals surface area contributed by atoms with Gasteiger partial charge in [0.15, 0.2) is 0 Å². The van der Waals surface area contributed by atoms with Gasteiger partial charge in [0.25, 0.3) is 5.91 Å². The first-order valence-electron chi connectivity index (χ1n) is 15.1. The number of rotatable bonds is 14. The third kappa shape index (κ3) is 10.8. The highest BCUT2D eigenvalue weighted by Gasteiger charge is 2.36. The largest absolute Gasteiger partial charge is 0.444 e. The minimum absolute atomic E-state index is 0.287. The minimum atomic E-state index is -1.28. The van der Waals surface area contributed by atoms with Crippen molar-refractivity contribution in [1.29, 1.82) is 0 Å². The molecule has 0 radical (unpaired) electrons. The molecule has 0 aromatic heterocycles. The summed E-state index contributed by atoms with van der Waals surface area (Å²) in [6, 6.07) is 9.38. The number of alkyl carbamates (subject to hydrolysis) is 1. The van der Waals surface area contributed by atoms with Crippen molar-refractivity contribution in [2.24, 2.45) is 0 Å². The first-order valence-corrected chi connectivity index (χ1v) is 15.1. The fourth-order valence-corrected chi connectivity index (χ4v) is 5.11. The number of amides is 3. The Kier molecular flexibility index (Phi) is 13.5. The maximum atomic E-state index is 14.2. The first kappa shape index (κ1) is 34.8. The molecule has 8 heteroatoms. The van der Waals surface area contributed by atoms with Crippen LogP contribution in [0, 0.1) is 27.7 Å². The van der Waals surface area contributed by atoms with Crippen LogP contribution in [-0.4, -0.2) is 52.7 Å². The van der Waals surface area contributed by atoms with Crippen LogP contribution in [0.5, 0.6) is 0 Å². The number of aliphatic hydroxyl groups excluding tert-OH is 1. The summed E-state index contributed by atoms with van der Waals surface area (Å²) < 4.78 is 5.35. The standard InChI is InChI=1S/C34H51N3O5/c1-9-10-11-12-13-14-18-37(32(40)28(22-38)35-33(41)42-34(6,7)8)30(27-20-23(2)19-24(3)21-27)31(39)36-29-25(4)16-15-17-26(29)5/h15-17,19-21,28,30,38H,9-14,18,22H2,1-8H3,(H,35,41)(H,36,39). The van der Waals surface area contributed by atoms with Gasteiger partial charge in [0.05, 0.1) is 6.61 Å². The number of para-hydroxylation sites is 1. The van der Waals surface area contributed by atoms with Crippen molar-refractivity contribution < 1.29 is 24.2 Å². The number of carbonyl (C=O) groups is 3. The maximum absolute atomic E-state index is 14.2. The lowest BCUT2D eigenvalue weighted by Gasteiger charge is -2.34. The summed E-state index contributed by atoms with van der Waals surface area (Å²) >= 11 is 0. The smallest absolute Gasteiger partial charge is 0.408 e. The number of anilines is 1. The molecule has 2 unspecified atom stereocenters. The van der Waals surface area contributed by atoms with Crippen LogP contribution in [0.3, 0.4) is 0 Å². The molecule has 0 fully saturated rings. The second-order valence-electron chi connectivity index (χ2n) is 12.3. The van der Waals surface area contributed by atoms with Crippen LogP contribution >= 0.6 is 0 Å². The van der Waals surface area contributed by atoms with Crippen LogP contribution in [0.4, 0.5) is 10.5 Å². The molecule has 0 saturated heterocycles. The second-order valence-corrected chi connectivity index (χ2v) is 12.3. The molecule has 8 nitrogen and oxygen atoms in total. The van der Waals surface area contributed by atoms with E-state index in [0.29, 0.717) is 17.7 Å². The highest BCUT2D eigenvalue weighted by atomic mass is 16.6. The van der Waals surface area contributed by atoms with Crippen molar-refractivity contribution in [3.05, 3.63) is 64.2 Å². The zero-order valence-corrected chi connectivity index (χ0v) is 26.8. The van der Waals surface area contributed by atoms with Gasteiger partial charge < -0.3 is 25.4 Å². The van der Waals surface area contributed by atoms with E-state index >= 15 is 0 Å². The second kappa shape index (κ2) is 16.3. The Hall–Kier alpha value is -3.39. The highest BCUT2D eigenvalue weighted by Crippen LogP contribution is 2.29. The van der Waals surface area contributed by atoms with E-state index in [1.807, 2.05) is 64.1 Å². The van der Waals surface area contributed by atoms with Gasteiger partial charge in [0, 0.05) is 12.2 Å². The van der Waals surface area contributed by atoms with Crippen molar-refractivity contribution in [1.82, 2.24) is 10.2 Å². The molecule has 0 saturated carbocycles. The lowest BCUT2D eigenvalue weighted by Crippen LogP contribution is -2.54. The Morgan fingerprint density at radius 1 is 0.905 bits per heavy atom. The van der Waals surface area contributed by atoms with Gasteiger partial charge >= 0.3 is 6.09 Å². The van der Waals surface area contributed by atoms with E-state index in [9.17, 15) is 19.5 Å². The molecule has 0 aliphatic heterocycles. The summed E-state index contributed by atoms with van der Waals surface area (Å²) in [7, 11) is 0. The zero-order valence-electron chi connectivity index (χ0n) is 26.8. The summed E-state index contributed by atoms with van der Waals surface area (Å²) in [6.07, 6.45) is 5.18. The summed E-state index contributed by atoms with van der Waals surface area (Å²) in [5, 5.41) is 15.8. The third-order valence-corrected chi connectivity index (χ3v) is 7.06. The fourth-order valence-electron chi connectivity index (χ4n) is 5.11. The predicted molar refractivity (Wildman–Crippen MR) is 169 cm³/mol. The Bertz CT molecular complexity index is 1160. The lowest BCUT2D eigenvalue weighted by atomic mass is 9.97. The van der Waals surface area contributed by atoms with E-state index in [4.69, 9.17) is 4.74 Å². The van der Waals surface area contributed by atoms with Crippen LogP contribution in [0.2, 0.25) is 0 Å². The summed E-state index contributed by atoms with van der Waals surface area (Å²) in [4.78, 5) is 42.4. The number of aryl methyl sites for hydroxylation is 4. The third-order valence-electron chi connectivity index (χ3n) is 7.06. The van der Waals surface area contributed by atoms with Gasteiger partial charge in [-0.1, -0.05) is 86.6 Å². The summed E-state index contributed by atoms with van der Waals surface area (Å²) in [6.45, 7) is 14.8. The van der Waals surface area contributed by atoms with Crippen LogP contribution in [-0.2, 0) is 14.3 Å². The van der Waals surface area contributed by atoms with E-state index in [2.05, 4.69) is 17.6 Å². The number of ether oxygens (including phenoxy) is 1. The zero-order chi connectivity index (χ0) is 31.4. The van der Waals surface area contributed by atoms with Crippen molar-refractivity contribution in [3.8, 4) is 0 Å². The van der Waals surface area contributed by atoms with Crippen molar-refractivity contribution in [2.75, 3.05) is 18.5 Å². The molecular weight excluding hydrogens is 530 g/mol. The van der Waals surface area contributed by atoms with Gasteiger partial charge in [-0.25, -0.2) is 4.79 Å². The number of hydrogen-bond donors (Lipinski definition) is 3. The van der Waals surface area contributed by atoms with Gasteiger partial charge in [-0.2, -0.15) is 0 Å². The van der Waals surface area contributed by atoms with Crippen LogP contribution in [0.15, 0.2) is 36.4 Å². The van der Waals surface area contributed by atoms with Crippen LogP contribution in [0.1, 0.15) is 100 Å². The fraction of sp³-hybridized carbons (Fsp3) is 0.559. The van der Waals surface area contributed by atoms with E-state index in [1.54, 1.807) is 20.8 Å². The molecule has 3 amide bonds. The average molecular weight is 582 g/mol. The molecule has 2 atom stereocenters. The Morgan fingerprint density at radius 2 is 1.48 bits per heavy atom. The molecule has 0 bridgehead atoms. The van der Waals surface area contributed by atoms with Gasteiger partial charge in [0.2, 0.25) is 5.91 Å². The molecule has 3 N–H and O–H groups in total. The molecule has 0 spiro atoms. The first-order chi connectivity index (χ1) is 19.8. The molecule has 42 heavy (non-hydrogen) atoms. The van der Waals surface area contributed by atoms with Crippen LogP contribution < -0.4 is 10.6 Å². The monoisotopic (exact) mass is 581 g/mol. The normalized spacial score (nSPS) is 12.8. The Balaban J connectivity index is 2.54. The molecule has 0 heterocycles. The van der Waals surface area contributed by atoms with E-state index in [-0.39, 0.29) is 12.5 Å². The van der Waals surface area contributed by atoms with E-state index in [0.717, 1.165) is 54.4 Å². The van der Waals surface area contributed by atoms with Crippen molar-refractivity contribution in [3.63, 3.8) is 0 Å². The molecular formula is C34H51N3O5. The average Bonchev–Trinajstić information content (AvgIpc) is 2.88. The van der Waals surface area contributed by atoms with Gasteiger partial charge in [0.1, 0.15) is 17.7 Å². The van der Waals surface area contributed by atoms with Crippen molar-refractivity contribution in [2.45, 2.75) is 112 Å². The van der Waals surface area contributed by atoms with Gasteiger partial charge in [-0.15, -0.1) is 0 Å². The predicted octanol–water partition coefficient (Wildman–Crippen LogP) is 6.67. The lowest BCUT2D eigenvalue weighted by molar-refractivity contribution is -0.141. The number of benzene rings is 2. The summed E-state index contributed by atoms with van der Waals surface area (Å²) in [5.74, 6) is -0.900. The number of aliphatic hydroxyl groups is 1. The number of carbonyl (C=O) groups excluding carboxylic acids is 3. The minimum Gasteiger partial charge on any atom is -0.444 e. The molecule has 2 rings (SSSR count). The maximum Gasteiger partial charge on any atom is 0.408 e. The molecule has 2 aromatic rings. The van der Waals surface area contributed by atoms with E-state index in [1.165, 1.54) is 4.90 Å². The number of hydrogen-bond acceptors (Lipinski definition) is 5. The quantitative estimate of drug-likeness (QED) is 0.216. The number of nitrogens with one attached hydrogen (secondary N) is 2.